The van der Waals surface area contributed by atoms with E-state index in [0.717, 1.165) is 11.9 Å². The predicted molar refractivity (Wildman–Crippen MR) is 98.2 cm³/mol. The molecule has 0 saturated carbocycles. The molecule has 1 fully saturated rings. The molecule has 0 atom stereocenters. The first-order chi connectivity index (χ1) is 12.8. The molecule has 2 heterocycles. The van der Waals surface area contributed by atoms with E-state index >= 15 is 0 Å². The Bertz CT molecular complexity index is 939. The third-order valence-electron chi connectivity index (χ3n) is 4.42. The van der Waals surface area contributed by atoms with E-state index in [2.05, 4.69) is 10.2 Å². The van der Waals surface area contributed by atoms with E-state index in [-0.39, 0.29) is 42.7 Å². The second-order valence-electron chi connectivity index (χ2n) is 6.09. The number of nitrogens with zero attached hydrogens (tertiary/aromatic N) is 5. The highest BCUT2D eigenvalue weighted by Gasteiger charge is 2.31. The molecule has 8 nitrogen and oxygen atoms in total. The van der Waals surface area contributed by atoms with Gasteiger partial charge in [0.05, 0.1) is 5.75 Å². The fraction of sp³-hybridized carbons (Fsp3) is 0.438. The third kappa shape index (κ3) is 4.14. The first kappa shape index (κ1) is 19.8. The Hall–Kier alpha value is -1.98. The molecule has 0 bridgehead atoms. The van der Waals surface area contributed by atoms with Crippen LogP contribution in [0.3, 0.4) is 0 Å². The van der Waals surface area contributed by atoms with Crippen molar-refractivity contribution in [3.8, 4) is 0 Å². The first-order valence-corrected chi connectivity index (χ1v) is 10.7. The number of rotatable bonds is 5. The topological polar surface area (TPSA) is 88.4 Å². The van der Waals surface area contributed by atoms with E-state index in [1.54, 1.807) is 9.47 Å². The molecule has 11 heteroatoms. The minimum absolute atomic E-state index is 0.0939. The molecule has 146 valence electrons. The number of carbonyl (C=O) groups is 1. The van der Waals surface area contributed by atoms with Crippen LogP contribution in [-0.2, 0) is 21.9 Å². The molecule has 1 aliphatic rings. The number of aryl methyl sites for hydroxylation is 1. The maximum Gasteiger partial charge on any atom is 0.246 e. The molecule has 0 radical (unpaired) electrons. The molecule has 1 aromatic heterocycles. The van der Waals surface area contributed by atoms with E-state index in [4.69, 9.17) is 0 Å². The molecule has 3 rings (SSSR count). The number of sulfonamides is 1. The lowest BCUT2D eigenvalue weighted by molar-refractivity contribution is -0.129. The number of hydrogen-bond acceptors (Lipinski definition) is 6. The Morgan fingerprint density at radius 2 is 1.85 bits per heavy atom. The molecule has 2 aromatic rings. The zero-order chi connectivity index (χ0) is 19.6. The molecule has 1 saturated heterocycles. The molecule has 0 spiro atoms. The van der Waals surface area contributed by atoms with Gasteiger partial charge in [-0.3, -0.25) is 4.79 Å². The number of piperazine rings is 1. The lowest BCUT2D eigenvalue weighted by Gasteiger charge is -2.34. The van der Waals surface area contributed by atoms with Crippen LogP contribution in [0.5, 0.6) is 0 Å². The number of amides is 1. The summed E-state index contributed by atoms with van der Waals surface area (Å²) in [5, 5.41) is 8.60. The lowest BCUT2D eigenvalue weighted by Crippen LogP contribution is -2.51. The van der Waals surface area contributed by atoms with Crippen molar-refractivity contribution in [3.05, 3.63) is 35.9 Å². The van der Waals surface area contributed by atoms with Crippen LogP contribution in [0.15, 0.2) is 34.3 Å². The summed E-state index contributed by atoms with van der Waals surface area (Å²) in [6.45, 7) is 2.64. The molecular formula is C16H20FN5O3S2. The normalized spacial score (nSPS) is 15.9. The number of thioether (sulfide) groups is 1. The Morgan fingerprint density at radius 1 is 1.19 bits per heavy atom. The zero-order valence-electron chi connectivity index (χ0n) is 15.0. The van der Waals surface area contributed by atoms with Crippen molar-refractivity contribution >= 4 is 27.7 Å². The SMILES string of the molecule is Cc1nnc(SCC(=O)N2CCN(S(=O)(=O)c3ccccc3F)CC2)n1C. The van der Waals surface area contributed by atoms with Crippen molar-refractivity contribution in [3.63, 3.8) is 0 Å². The second-order valence-corrected chi connectivity index (χ2v) is 8.94. The average Bonchev–Trinajstić information content (AvgIpc) is 2.98. The van der Waals surface area contributed by atoms with Gasteiger partial charge in [-0.2, -0.15) is 4.31 Å². The Kier molecular flexibility index (Phi) is 5.82. The van der Waals surface area contributed by atoms with Crippen LogP contribution in [-0.4, -0.2) is 70.2 Å². The van der Waals surface area contributed by atoms with Crippen LogP contribution in [0.25, 0.3) is 0 Å². The summed E-state index contributed by atoms with van der Waals surface area (Å²) in [4.78, 5) is 13.7. The van der Waals surface area contributed by atoms with Crippen molar-refractivity contribution in [2.24, 2.45) is 7.05 Å². The van der Waals surface area contributed by atoms with Crippen LogP contribution < -0.4 is 0 Å². The molecule has 0 aliphatic carbocycles. The van der Waals surface area contributed by atoms with Gasteiger partial charge in [0.25, 0.3) is 0 Å². The van der Waals surface area contributed by atoms with Crippen LogP contribution >= 0.6 is 11.8 Å². The largest absolute Gasteiger partial charge is 0.339 e. The summed E-state index contributed by atoms with van der Waals surface area (Å²) in [6.07, 6.45) is 0. The minimum Gasteiger partial charge on any atom is -0.339 e. The van der Waals surface area contributed by atoms with E-state index in [0.29, 0.717) is 5.16 Å². The Morgan fingerprint density at radius 3 is 2.44 bits per heavy atom. The first-order valence-electron chi connectivity index (χ1n) is 8.32. The maximum atomic E-state index is 13.9. The molecule has 27 heavy (non-hydrogen) atoms. The van der Waals surface area contributed by atoms with E-state index in [9.17, 15) is 17.6 Å². The molecule has 1 aromatic carbocycles. The number of carbonyl (C=O) groups excluding carboxylic acids is 1. The van der Waals surface area contributed by atoms with Crippen molar-refractivity contribution in [1.82, 2.24) is 24.0 Å². The van der Waals surface area contributed by atoms with Gasteiger partial charge < -0.3 is 9.47 Å². The predicted octanol–water partition coefficient (Wildman–Crippen LogP) is 0.888. The summed E-state index contributed by atoms with van der Waals surface area (Å²) < 4.78 is 42.1. The monoisotopic (exact) mass is 413 g/mol. The van der Waals surface area contributed by atoms with Crippen LogP contribution in [0.4, 0.5) is 4.39 Å². The minimum atomic E-state index is -3.91. The van der Waals surface area contributed by atoms with Crippen molar-refractivity contribution in [2.45, 2.75) is 17.0 Å². The summed E-state index contributed by atoms with van der Waals surface area (Å²) in [5.41, 5.74) is 0. The fourth-order valence-electron chi connectivity index (χ4n) is 2.70. The smallest absolute Gasteiger partial charge is 0.246 e. The van der Waals surface area contributed by atoms with Gasteiger partial charge in [0.15, 0.2) is 5.16 Å². The van der Waals surface area contributed by atoms with E-state index in [1.165, 1.54) is 34.3 Å². The Labute approximate surface area is 161 Å². The van der Waals surface area contributed by atoms with Crippen LogP contribution in [0.1, 0.15) is 5.82 Å². The van der Waals surface area contributed by atoms with Gasteiger partial charge in [-0.25, -0.2) is 12.8 Å². The van der Waals surface area contributed by atoms with Gasteiger partial charge in [0.1, 0.15) is 16.5 Å². The molecular weight excluding hydrogens is 393 g/mol. The summed E-state index contributed by atoms with van der Waals surface area (Å²) in [7, 11) is -2.08. The van der Waals surface area contributed by atoms with Gasteiger partial charge in [-0.05, 0) is 19.1 Å². The molecule has 0 N–H and O–H groups in total. The van der Waals surface area contributed by atoms with Crippen LogP contribution in [0, 0.1) is 12.7 Å². The van der Waals surface area contributed by atoms with Gasteiger partial charge in [0.2, 0.25) is 15.9 Å². The summed E-state index contributed by atoms with van der Waals surface area (Å²) >= 11 is 1.29. The number of halogens is 1. The zero-order valence-corrected chi connectivity index (χ0v) is 16.6. The van der Waals surface area contributed by atoms with Crippen molar-refractivity contribution in [1.29, 1.82) is 0 Å². The van der Waals surface area contributed by atoms with Gasteiger partial charge in [-0.15, -0.1) is 10.2 Å². The van der Waals surface area contributed by atoms with Crippen molar-refractivity contribution in [2.75, 3.05) is 31.9 Å². The van der Waals surface area contributed by atoms with Gasteiger partial charge in [-0.1, -0.05) is 23.9 Å². The molecule has 1 aliphatic heterocycles. The van der Waals surface area contributed by atoms with E-state index in [1.807, 2.05) is 14.0 Å². The highest BCUT2D eigenvalue weighted by Crippen LogP contribution is 2.21. The number of hydrogen-bond donors (Lipinski definition) is 0. The number of aromatic nitrogens is 3. The highest BCUT2D eigenvalue weighted by atomic mass is 32.2. The maximum absolute atomic E-state index is 13.9. The lowest BCUT2D eigenvalue weighted by atomic mass is 10.3. The molecule has 0 unspecified atom stereocenters. The molecule has 1 amide bonds. The highest BCUT2D eigenvalue weighted by molar-refractivity contribution is 7.99. The summed E-state index contributed by atoms with van der Waals surface area (Å²) in [5.74, 6) is 0.0957. The van der Waals surface area contributed by atoms with Crippen LogP contribution in [0.2, 0.25) is 0 Å². The summed E-state index contributed by atoms with van der Waals surface area (Å²) in [6, 6.07) is 5.31. The third-order valence-corrected chi connectivity index (χ3v) is 7.36. The van der Waals surface area contributed by atoms with Gasteiger partial charge >= 0.3 is 0 Å². The quantitative estimate of drug-likeness (QED) is 0.677. The standard InChI is InChI=1S/C16H20FN5O3S2/c1-12-18-19-16(20(12)2)26-11-15(23)21-7-9-22(10-8-21)27(24,25)14-6-4-3-5-13(14)17/h3-6H,7-11H2,1-2H3. The average molecular weight is 414 g/mol. The number of benzene rings is 1. The second kappa shape index (κ2) is 7.95. The fourth-order valence-corrected chi connectivity index (χ4v) is 5.05. The van der Waals surface area contributed by atoms with Crippen molar-refractivity contribution < 1.29 is 17.6 Å². The van der Waals surface area contributed by atoms with Gasteiger partial charge in [0, 0.05) is 33.2 Å². The Balaban J connectivity index is 1.57. The van der Waals surface area contributed by atoms with E-state index < -0.39 is 15.8 Å².